The Kier molecular flexibility index (Phi) is 6.03. The van der Waals surface area contributed by atoms with Crippen LogP contribution in [0.3, 0.4) is 0 Å². The van der Waals surface area contributed by atoms with Gasteiger partial charge < -0.3 is 9.47 Å². The number of fused-ring (bicyclic) bond motifs is 6. The van der Waals surface area contributed by atoms with Crippen molar-refractivity contribution in [3.8, 4) is 16.8 Å². The lowest BCUT2D eigenvalue weighted by Crippen LogP contribution is -2.11. The van der Waals surface area contributed by atoms with E-state index in [-0.39, 0.29) is 0 Å². The Morgan fingerprint density at radius 3 is 1.87 bits per heavy atom. The molecular formula is C42H28N2S. The van der Waals surface area contributed by atoms with Gasteiger partial charge in [-0.25, -0.2) is 0 Å². The first-order valence-corrected chi connectivity index (χ1v) is 16.1. The van der Waals surface area contributed by atoms with E-state index in [1.54, 1.807) is 0 Å². The van der Waals surface area contributed by atoms with E-state index in [1.807, 2.05) is 11.3 Å². The highest BCUT2D eigenvalue weighted by atomic mass is 32.1. The molecule has 7 aromatic carbocycles. The molecule has 3 heteroatoms. The second-order valence-electron chi connectivity index (χ2n) is 11.4. The van der Waals surface area contributed by atoms with Crippen LogP contribution in [0.5, 0.6) is 0 Å². The predicted molar refractivity (Wildman–Crippen MR) is 194 cm³/mol. The maximum atomic E-state index is 2.43. The standard InChI is InChI=1S/C42H28N2S/c1-3-13-29(14-4-1)33-17-7-10-20-38(33)43(32-24-26-37-36-19-9-12-22-41(36)45-42(37)28-32)31-23-25-35-34-18-8-11-21-39(34)44(40(35)27-31)30-15-5-2-6-16-30/h1-28H. The number of benzene rings is 7. The Balaban J connectivity index is 1.33. The van der Waals surface area contributed by atoms with Gasteiger partial charge in [0.25, 0.3) is 0 Å². The van der Waals surface area contributed by atoms with Crippen LogP contribution in [0.15, 0.2) is 170 Å². The van der Waals surface area contributed by atoms with Crippen LogP contribution < -0.4 is 4.90 Å². The summed E-state index contributed by atoms with van der Waals surface area (Å²) in [6.07, 6.45) is 0. The normalized spacial score (nSPS) is 11.6. The van der Waals surface area contributed by atoms with E-state index >= 15 is 0 Å². The number of anilines is 3. The summed E-state index contributed by atoms with van der Waals surface area (Å²) in [5, 5.41) is 5.12. The van der Waals surface area contributed by atoms with Gasteiger partial charge in [-0.05, 0) is 60.2 Å². The first-order chi connectivity index (χ1) is 22.3. The molecule has 0 aliphatic carbocycles. The summed E-state index contributed by atoms with van der Waals surface area (Å²) in [7, 11) is 0. The molecular weight excluding hydrogens is 565 g/mol. The van der Waals surface area contributed by atoms with E-state index in [4.69, 9.17) is 0 Å². The first-order valence-electron chi connectivity index (χ1n) is 15.3. The van der Waals surface area contributed by atoms with Crippen LogP contribution in [0.1, 0.15) is 0 Å². The number of aromatic nitrogens is 1. The summed E-state index contributed by atoms with van der Waals surface area (Å²) < 4.78 is 5.00. The second kappa shape index (κ2) is 10.5. The molecule has 0 aliphatic heterocycles. The summed E-state index contributed by atoms with van der Waals surface area (Å²) in [4.78, 5) is 2.43. The van der Waals surface area contributed by atoms with Gasteiger partial charge in [0.2, 0.25) is 0 Å². The lowest BCUT2D eigenvalue weighted by molar-refractivity contribution is 1.18. The molecule has 0 N–H and O–H groups in total. The van der Waals surface area contributed by atoms with Crippen LogP contribution in [0.2, 0.25) is 0 Å². The molecule has 0 saturated carbocycles. The van der Waals surface area contributed by atoms with Crippen LogP contribution in [-0.4, -0.2) is 4.57 Å². The van der Waals surface area contributed by atoms with Crippen LogP contribution in [0.25, 0.3) is 58.8 Å². The summed E-state index contributed by atoms with van der Waals surface area (Å²) in [6.45, 7) is 0. The van der Waals surface area contributed by atoms with Crippen LogP contribution in [0.4, 0.5) is 17.1 Å². The lowest BCUT2D eigenvalue weighted by Gasteiger charge is -2.28. The van der Waals surface area contributed by atoms with Crippen molar-refractivity contribution >= 4 is 70.4 Å². The predicted octanol–water partition coefficient (Wildman–Crippen LogP) is 12.3. The SMILES string of the molecule is c1ccc(-c2ccccc2N(c2ccc3c(c2)sc2ccccc23)c2ccc3c4ccccc4n(-c4ccccc4)c3c2)cc1. The van der Waals surface area contributed by atoms with E-state index in [1.165, 1.54) is 53.1 Å². The topological polar surface area (TPSA) is 8.17 Å². The molecule has 0 amide bonds. The van der Waals surface area contributed by atoms with Crippen molar-refractivity contribution in [1.82, 2.24) is 4.57 Å². The minimum absolute atomic E-state index is 1.12. The quantitative estimate of drug-likeness (QED) is 0.193. The molecule has 2 aromatic heterocycles. The molecule has 45 heavy (non-hydrogen) atoms. The third kappa shape index (κ3) is 4.24. The Hall–Kier alpha value is -5.64. The highest BCUT2D eigenvalue weighted by Gasteiger charge is 2.20. The van der Waals surface area contributed by atoms with Gasteiger partial charge >= 0.3 is 0 Å². The molecule has 2 nitrogen and oxygen atoms in total. The number of rotatable bonds is 5. The molecule has 0 saturated heterocycles. The molecule has 0 bridgehead atoms. The zero-order chi connectivity index (χ0) is 29.7. The number of hydrogen-bond donors (Lipinski definition) is 0. The van der Waals surface area contributed by atoms with Gasteiger partial charge in [0.15, 0.2) is 0 Å². The largest absolute Gasteiger partial charge is 0.310 e. The molecule has 9 rings (SSSR count). The summed E-state index contributed by atoms with van der Waals surface area (Å²) in [5.74, 6) is 0. The van der Waals surface area contributed by atoms with E-state index < -0.39 is 0 Å². The zero-order valence-electron chi connectivity index (χ0n) is 24.5. The minimum Gasteiger partial charge on any atom is -0.310 e. The third-order valence-electron chi connectivity index (χ3n) is 8.78. The Morgan fingerprint density at radius 1 is 0.422 bits per heavy atom. The Labute approximate surface area is 265 Å². The van der Waals surface area contributed by atoms with Gasteiger partial charge in [-0.1, -0.05) is 115 Å². The maximum absolute atomic E-state index is 2.43. The van der Waals surface area contributed by atoms with E-state index in [0.29, 0.717) is 0 Å². The number of nitrogens with zero attached hydrogens (tertiary/aromatic N) is 2. The third-order valence-corrected chi connectivity index (χ3v) is 9.91. The van der Waals surface area contributed by atoms with E-state index in [0.717, 1.165) is 22.7 Å². The van der Waals surface area contributed by atoms with Gasteiger partial charge in [0.05, 0.1) is 16.7 Å². The molecule has 0 unspecified atom stereocenters. The zero-order valence-corrected chi connectivity index (χ0v) is 25.3. The summed E-state index contributed by atoms with van der Waals surface area (Å²) in [6, 6.07) is 61.4. The van der Waals surface area contributed by atoms with Crippen molar-refractivity contribution < 1.29 is 0 Å². The van der Waals surface area contributed by atoms with Crippen LogP contribution in [0, 0.1) is 0 Å². The van der Waals surface area contributed by atoms with Crippen molar-refractivity contribution in [1.29, 1.82) is 0 Å². The first kappa shape index (κ1) is 25.8. The highest BCUT2D eigenvalue weighted by Crippen LogP contribution is 2.45. The lowest BCUT2D eigenvalue weighted by atomic mass is 10.0. The van der Waals surface area contributed by atoms with Gasteiger partial charge in [-0.2, -0.15) is 0 Å². The Morgan fingerprint density at radius 2 is 1.02 bits per heavy atom. The number of para-hydroxylation sites is 3. The average molecular weight is 593 g/mol. The van der Waals surface area contributed by atoms with Crippen molar-refractivity contribution in [3.63, 3.8) is 0 Å². The fraction of sp³-hybridized carbons (Fsp3) is 0. The molecule has 9 aromatic rings. The van der Waals surface area contributed by atoms with Crippen molar-refractivity contribution in [2.75, 3.05) is 4.90 Å². The van der Waals surface area contributed by atoms with Crippen molar-refractivity contribution in [2.24, 2.45) is 0 Å². The molecule has 0 radical (unpaired) electrons. The van der Waals surface area contributed by atoms with Gasteiger partial charge in [0.1, 0.15) is 0 Å². The van der Waals surface area contributed by atoms with Crippen molar-refractivity contribution in [2.45, 2.75) is 0 Å². The van der Waals surface area contributed by atoms with Crippen LogP contribution >= 0.6 is 11.3 Å². The molecule has 0 fully saturated rings. The van der Waals surface area contributed by atoms with Gasteiger partial charge in [-0.15, -0.1) is 11.3 Å². The fourth-order valence-corrected chi connectivity index (χ4v) is 7.90. The monoisotopic (exact) mass is 592 g/mol. The number of hydrogen-bond acceptors (Lipinski definition) is 2. The number of thiophene rings is 1. The average Bonchev–Trinajstić information content (AvgIpc) is 3.64. The Bertz CT molecular complexity index is 2490. The molecule has 0 atom stereocenters. The minimum atomic E-state index is 1.12. The second-order valence-corrected chi connectivity index (χ2v) is 12.5. The molecule has 212 valence electrons. The van der Waals surface area contributed by atoms with E-state index in [9.17, 15) is 0 Å². The van der Waals surface area contributed by atoms with E-state index in [2.05, 4.69) is 179 Å². The van der Waals surface area contributed by atoms with Gasteiger partial charge in [-0.3, -0.25) is 0 Å². The molecule has 2 heterocycles. The smallest absolute Gasteiger partial charge is 0.0561 e. The summed E-state index contributed by atoms with van der Waals surface area (Å²) in [5.41, 5.74) is 9.34. The van der Waals surface area contributed by atoms with Gasteiger partial charge in [0, 0.05) is 53.6 Å². The highest BCUT2D eigenvalue weighted by molar-refractivity contribution is 7.25. The fourth-order valence-electron chi connectivity index (χ4n) is 6.76. The molecule has 0 aliphatic rings. The summed E-state index contributed by atoms with van der Waals surface area (Å²) >= 11 is 1.86. The van der Waals surface area contributed by atoms with Crippen LogP contribution in [-0.2, 0) is 0 Å². The van der Waals surface area contributed by atoms with Crippen molar-refractivity contribution in [3.05, 3.63) is 170 Å². The molecule has 0 spiro atoms. The maximum Gasteiger partial charge on any atom is 0.0561 e.